The van der Waals surface area contributed by atoms with Crippen LogP contribution in [0.3, 0.4) is 0 Å². The van der Waals surface area contributed by atoms with Gasteiger partial charge in [-0.1, -0.05) is 30.3 Å². The molecule has 2 heterocycles. The minimum absolute atomic E-state index is 0.0516. The summed E-state index contributed by atoms with van der Waals surface area (Å²) in [6.07, 6.45) is 1.97. The predicted octanol–water partition coefficient (Wildman–Crippen LogP) is 2.18. The molecule has 2 aromatic carbocycles. The van der Waals surface area contributed by atoms with Crippen molar-refractivity contribution in [2.24, 2.45) is 0 Å². The molecule has 0 spiro atoms. The normalized spacial score (nSPS) is 18.4. The van der Waals surface area contributed by atoms with Crippen LogP contribution in [-0.4, -0.2) is 24.5 Å². The van der Waals surface area contributed by atoms with Gasteiger partial charge in [-0.25, -0.2) is 0 Å². The summed E-state index contributed by atoms with van der Waals surface area (Å²) in [6.45, 7) is 1.22. The Balaban J connectivity index is 1.38. The average Bonchev–Trinajstić information content (AvgIpc) is 3.28. The first kappa shape index (κ1) is 15.7. The van der Waals surface area contributed by atoms with Crippen molar-refractivity contribution in [3.63, 3.8) is 0 Å². The predicted molar refractivity (Wildman–Crippen MR) is 94.1 cm³/mol. The molecule has 0 bridgehead atoms. The van der Waals surface area contributed by atoms with Crippen molar-refractivity contribution in [3.8, 4) is 16.9 Å². The number of amides is 2. The maximum atomic E-state index is 12.0. The number of carbonyl (C=O) groups is 2. The van der Waals surface area contributed by atoms with Crippen molar-refractivity contribution < 1.29 is 14.3 Å². The smallest absolute Gasteiger partial charge is 0.242 e. The molecule has 0 aliphatic carbocycles. The number of fused-ring (bicyclic) bond motifs is 1. The summed E-state index contributed by atoms with van der Waals surface area (Å²) in [5, 5.41) is 5.56. The van der Waals surface area contributed by atoms with Crippen molar-refractivity contribution in [3.05, 3.63) is 53.6 Å². The summed E-state index contributed by atoms with van der Waals surface area (Å²) in [4.78, 5) is 23.2. The minimum atomic E-state index is -0.389. The summed E-state index contributed by atoms with van der Waals surface area (Å²) < 4.78 is 5.55. The standard InChI is InChI=1S/C20H20N2O3/c23-19-8-6-17(22-19)20(24)21-12-13-1-3-14(4-2-13)15-5-7-18-16(11-15)9-10-25-18/h1-5,7,11,17H,6,8-10,12H2,(H,21,24)(H,22,23)/t17-/m0/s1. The zero-order chi connectivity index (χ0) is 17.2. The van der Waals surface area contributed by atoms with Crippen LogP contribution in [0, 0.1) is 0 Å². The van der Waals surface area contributed by atoms with Gasteiger partial charge in [-0.05, 0) is 40.8 Å². The zero-order valence-electron chi connectivity index (χ0n) is 13.9. The van der Waals surface area contributed by atoms with E-state index in [1.165, 1.54) is 11.1 Å². The first-order chi connectivity index (χ1) is 12.2. The number of carbonyl (C=O) groups excluding carboxylic acids is 2. The van der Waals surface area contributed by atoms with Gasteiger partial charge in [-0.3, -0.25) is 9.59 Å². The molecule has 1 saturated heterocycles. The van der Waals surface area contributed by atoms with Crippen LogP contribution in [-0.2, 0) is 22.6 Å². The second-order valence-corrected chi connectivity index (χ2v) is 6.49. The molecule has 0 radical (unpaired) electrons. The number of hydrogen-bond acceptors (Lipinski definition) is 3. The molecular weight excluding hydrogens is 316 g/mol. The summed E-state index contributed by atoms with van der Waals surface area (Å²) in [7, 11) is 0. The van der Waals surface area contributed by atoms with E-state index in [4.69, 9.17) is 4.74 Å². The minimum Gasteiger partial charge on any atom is -0.493 e. The maximum absolute atomic E-state index is 12.0. The molecule has 4 rings (SSSR count). The van der Waals surface area contributed by atoms with Crippen molar-refractivity contribution >= 4 is 11.8 Å². The lowest BCUT2D eigenvalue weighted by atomic mass is 10.0. The Kier molecular flexibility index (Phi) is 4.14. The molecule has 2 aliphatic rings. The molecule has 0 unspecified atom stereocenters. The highest BCUT2D eigenvalue weighted by molar-refractivity contribution is 5.90. The summed E-state index contributed by atoms with van der Waals surface area (Å²) in [5.74, 6) is 0.819. The van der Waals surface area contributed by atoms with Crippen LogP contribution in [0.5, 0.6) is 5.75 Å². The third-order valence-corrected chi connectivity index (χ3v) is 4.76. The summed E-state index contributed by atoms with van der Waals surface area (Å²) in [6, 6.07) is 14.1. The third kappa shape index (κ3) is 3.36. The van der Waals surface area contributed by atoms with Crippen LogP contribution >= 0.6 is 0 Å². The van der Waals surface area contributed by atoms with Gasteiger partial charge in [-0.2, -0.15) is 0 Å². The van der Waals surface area contributed by atoms with Crippen molar-refractivity contribution in [1.29, 1.82) is 0 Å². The van der Waals surface area contributed by atoms with E-state index in [0.717, 1.165) is 29.9 Å². The molecule has 2 aliphatic heterocycles. The van der Waals surface area contributed by atoms with Crippen LogP contribution in [0.4, 0.5) is 0 Å². The van der Waals surface area contributed by atoms with Crippen LogP contribution < -0.4 is 15.4 Å². The summed E-state index contributed by atoms with van der Waals surface area (Å²) >= 11 is 0. The fraction of sp³-hybridized carbons (Fsp3) is 0.300. The molecule has 25 heavy (non-hydrogen) atoms. The van der Waals surface area contributed by atoms with Gasteiger partial charge < -0.3 is 15.4 Å². The molecule has 128 valence electrons. The molecule has 2 N–H and O–H groups in total. The van der Waals surface area contributed by atoms with Crippen LogP contribution in [0.1, 0.15) is 24.0 Å². The van der Waals surface area contributed by atoms with E-state index in [9.17, 15) is 9.59 Å². The van der Waals surface area contributed by atoms with Gasteiger partial charge in [-0.15, -0.1) is 0 Å². The Hall–Kier alpha value is -2.82. The highest BCUT2D eigenvalue weighted by Crippen LogP contribution is 2.30. The third-order valence-electron chi connectivity index (χ3n) is 4.76. The van der Waals surface area contributed by atoms with Crippen LogP contribution in [0.25, 0.3) is 11.1 Å². The lowest BCUT2D eigenvalue weighted by Crippen LogP contribution is -2.41. The molecule has 2 amide bonds. The van der Waals surface area contributed by atoms with Gasteiger partial charge in [0.1, 0.15) is 11.8 Å². The fourth-order valence-corrected chi connectivity index (χ4v) is 3.30. The molecule has 5 heteroatoms. The van der Waals surface area contributed by atoms with Crippen molar-refractivity contribution in [2.75, 3.05) is 6.61 Å². The second-order valence-electron chi connectivity index (χ2n) is 6.49. The molecule has 5 nitrogen and oxygen atoms in total. The molecular formula is C20H20N2O3. The van der Waals surface area contributed by atoms with Crippen LogP contribution in [0.2, 0.25) is 0 Å². The number of ether oxygens (including phenoxy) is 1. The number of rotatable bonds is 4. The highest BCUT2D eigenvalue weighted by Gasteiger charge is 2.26. The van der Waals surface area contributed by atoms with Crippen molar-refractivity contribution in [1.82, 2.24) is 10.6 Å². The van der Waals surface area contributed by atoms with Crippen molar-refractivity contribution in [2.45, 2.75) is 31.8 Å². The van der Waals surface area contributed by atoms with Gasteiger partial charge in [0.2, 0.25) is 11.8 Å². The zero-order valence-corrected chi connectivity index (χ0v) is 13.9. The Bertz CT molecular complexity index is 814. The first-order valence-electron chi connectivity index (χ1n) is 8.61. The second kappa shape index (κ2) is 6.59. The van der Waals surface area contributed by atoms with E-state index in [1.54, 1.807) is 0 Å². The van der Waals surface area contributed by atoms with E-state index in [0.29, 0.717) is 19.4 Å². The van der Waals surface area contributed by atoms with Gasteiger partial charge >= 0.3 is 0 Å². The lowest BCUT2D eigenvalue weighted by molar-refractivity contribution is -0.125. The molecule has 1 atom stereocenters. The van der Waals surface area contributed by atoms with Gasteiger partial charge in [0.05, 0.1) is 6.61 Å². The molecule has 0 aromatic heterocycles. The molecule has 2 aromatic rings. The average molecular weight is 336 g/mol. The number of nitrogens with one attached hydrogen (secondary N) is 2. The molecule has 0 saturated carbocycles. The van der Waals surface area contributed by atoms with E-state index in [1.807, 2.05) is 18.2 Å². The Morgan fingerprint density at radius 2 is 1.92 bits per heavy atom. The quantitative estimate of drug-likeness (QED) is 0.899. The summed E-state index contributed by atoms with van der Waals surface area (Å²) in [5.41, 5.74) is 4.61. The van der Waals surface area contributed by atoms with Gasteiger partial charge in [0, 0.05) is 19.4 Å². The largest absolute Gasteiger partial charge is 0.493 e. The van der Waals surface area contributed by atoms with Gasteiger partial charge in [0.15, 0.2) is 0 Å². The van der Waals surface area contributed by atoms with Crippen LogP contribution in [0.15, 0.2) is 42.5 Å². The van der Waals surface area contributed by atoms with Gasteiger partial charge in [0.25, 0.3) is 0 Å². The van der Waals surface area contributed by atoms with E-state index < -0.39 is 0 Å². The molecule has 1 fully saturated rings. The Labute approximate surface area is 146 Å². The number of benzene rings is 2. The topological polar surface area (TPSA) is 67.4 Å². The fourth-order valence-electron chi connectivity index (χ4n) is 3.30. The van der Waals surface area contributed by atoms with E-state index >= 15 is 0 Å². The highest BCUT2D eigenvalue weighted by atomic mass is 16.5. The monoisotopic (exact) mass is 336 g/mol. The van der Waals surface area contributed by atoms with E-state index in [-0.39, 0.29) is 17.9 Å². The lowest BCUT2D eigenvalue weighted by Gasteiger charge is -2.11. The maximum Gasteiger partial charge on any atom is 0.242 e. The number of hydrogen-bond donors (Lipinski definition) is 2. The Morgan fingerprint density at radius 1 is 1.12 bits per heavy atom. The van der Waals surface area contributed by atoms with E-state index in [2.05, 4.69) is 34.9 Å². The SMILES string of the molecule is O=C1CC[C@@H](C(=O)NCc2ccc(-c3ccc4c(c3)CCO4)cc2)N1. The first-order valence-corrected chi connectivity index (χ1v) is 8.61. The Morgan fingerprint density at radius 3 is 2.68 bits per heavy atom.